The van der Waals surface area contributed by atoms with E-state index in [2.05, 4.69) is 4.98 Å². The van der Waals surface area contributed by atoms with Gasteiger partial charge in [-0.25, -0.2) is 0 Å². The molecule has 1 aromatic heterocycles. The third-order valence-corrected chi connectivity index (χ3v) is 2.72. The Hall–Kier alpha value is -1.81. The van der Waals surface area contributed by atoms with Crippen LogP contribution in [0.5, 0.6) is 0 Å². The van der Waals surface area contributed by atoms with Crippen LogP contribution in [0, 0.1) is 0 Å². The van der Waals surface area contributed by atoms with Gasteiger partial charge in [0, 0.05) is 23.1 Å². The van der Waals surface area contributed by atoms with E-state index < -0.39 is 0 Å². The zero-order valence-corrected chi connectivity index (χ0v) is 9.77. The maximum Gasteiger partial charge on any atom is 0.307 e. The van der Waals surface area contributed by atoms with E-state index in [4.69, 9.17) is 10.5 Å². The molecule has 0 unspecified atom stereocenters. The summed E-state index contributed by atoms with van der Waals surface area (Å²) in [6.07, 6.45) is 2.07. The third-order valence-electron chi connectivity index (χ3n) is 2.72. The standard InChI is InChI=1S/C13H16N2O2/c1-2-17-13(16)8-11(14)9-4-3-5-12-10(9)6-7-15-12/h3-7,11,15H,2,8,14H2,1H3/t11-/m0/s1. The van der Waals surface area contributed by atoms with Crippen LogP contribution >= 0.6 is 0 Å². The summed E-state index contributed by atoms with van der Waals surface area (Å²) in [5, 5.41) is 1.06. The molecule has 0 aliphatic rings. The van der Waals surface area contributed by atoms with Crippen molar-refractivity contribution in [1.82, 2.24) is 4.98 Å². The van der Waals surface area contributed by atoms with Crippen LogP contribution in [-0.2, 0) is 9.53 Å². The summed E-state index contributed by atoms with van der Waals surface area (Å²) < 4.78 is 4.90. The first-order valence-corrected chi connectivity index (χ1v) is 5.69. The number of fused-ring (bicyclic) bond motifs is 1. The molecule has 0 saturated carbocycles. The molecule has 0 spiro atoms. The monoisotopic (exact) mass is 232 g/mol. The van der Waals surface area contributed by atoms with Gasteiger partial charge in [-0.15, -0.1) is 0 Å². The number of hydrogen-bond acceptors (Lipinski definition) is 3. The van der Waals surface area contributed by atoms with Crippen LogP contribution in [0.1, 0.15) is 24.9 Å². The van der Waals surface area contributed by atoms with Crippen molar-refractivity contribution in [2.45, 2.75) is 19.4 Å². The normalized spacial score (nSPS) is 12.6. The Balaban J connectivity index is 2.21. The molecule has 0 radical (unpaired) electrons. The summed E-state index contributed by atoms with van der Waals surface area (Å²) >= 11 is 0. The van der Waals surface area contributed by atoms with Crippen LogP contribution in [0.2, 0.25) is 0 Å². The Morgan fingerprint density at radius 1 is 1.47 bits per heavy atom. The molecule has 0 bridgehead atoms. The van der Waals surface area contributed by atoms with Crippen LogP contribution in [-0.4, -0.2) is 17.6 Å². The lowest BCUT2D eigenvalue weighted by Crippen LogP contribution is -2.17. The largest absolute Gasteiger partial charge is 0.466 e. The molecule has 17 heavy (non-hydrogen) atoms. The summed E-state index contributed by atoms with van der Waals surface area (Å²) in [5.41, 5.74) is 8.04. The molecule has 0 saturated heterocycles. The summed E-state index contributed by atoms with van der Waals surface area (Å²) in [4.78, 5) is 14.5. The maximum atomic E-state index is 11.4. The van der Waals surface area contributed by atoms with Crippen molar-refractivity contribution in [2.24, 2.45) is 5.73 Å². The molecule has 2 aromatic rings. The van der Waals surface area contributed by atoms with E-state index in [9.17, 15) is 4.79 Å². The lowest BCUT2D eigenvalue weighted by Gasteiger charge is -2.12. The molecule has 0 amide bonds. The van der Waals surface area contributed by atoms with E-state index in [1.165, 1.54) is 0 Å². The fourth-order valence-electron chi connectivity index (χ4n) is 1.94. The Morgan fingerprint density at radius 2 is 2.29 bits per heavy atom. The van der Waals surface area contributed by atoms with Gasteiger partial charge in [-0.3, -0.25) is 4.79 Å². The molecule has 3 N–H and O–H groups in total. The number of H-pyrrole nitrogens is 1. The minimum Gasteiger partial charge on any atom is -0.466 e. The number of aromatic nitrogens is 1. The van der Waals surface area contributed by atoms with Gasteiger partial charge >= 0.3 is 5.97 Å². The Bertz CT molecular complexity index is 519. The first kappa shape index (κ1) is 11.7. The molecule has 4 nitrogen and oxygen atoms in total. The van der Waals surface area contributed by atoms with Crippen molar-refractivity contribution in [1.29, 1.82) is 0 Å². The SMILES string of the molecule is CCOC(=O)C[C@H](N)c1cccc2[nH]ccc12. The average Bonchev–Trinajstić information content (AvgIpc) is 2.76. The minimum absolute atomic E-state index is 0.206. The lowest BCUT2D eigenvalue weighted by molar-refractivity contribution is -0.143. The highest BCUT2D eigenvalue weighted by atomic mass is 16.5. The molecule has 2 rings (SSSR count). The molecule has 90 valence electrons. The number of aromatic amines is 1. The van der Waals surface area contributed by atoms with E-state index in [0.29, 0.717) is 6.61 Å². The number of esters is 1. The summed E-state index contributed by atoms with van der Waals surface area (Å²) in [6, 6.07) is 7.50. The smallest absolute Gasteiger partial charge is 0.307 e. The maximum absolute atomic E-state index is 11.4. The highest BCUT2D eigenvalue weighted by Crippen LogP contribution is 2.24. The zero-order valence-electron chi connectivity index (χ0n) is 9.77. The first-order valence-electron chi connectivity index (χ1n) is 5.69. The van der Waals surface area contributed by atoms with E-state index in [1.54, 1.807) is 6.92 Å². The number of rotatable bonds is 4. The van der Waals surface area contributed by atoms with E-state index in [-0.39, 0.29) is 18.4 Å². The van der Waals surface area contributed by atoms with Gasteiger partial charge in [0.1, 0.15) is 0 Å². The second-order valence-electron chi connectivity index (χ2n) is 3.90. The van der Waals surface area contributed by atoms with Gasteiger partial charge in [-0.2, -0.15) is 0 Å². The second kappa shape index (κ2) is 5.01. The Kier molecular flexibility index (Phi) is 3.44. The molecular formula is C13H16N2O2. The van der Waals surface area contributed by atoms with Gasteiger partial charge in [0.25, 0.3) is 0 Å². The zero-order chi connectivity index (χ0) is 12.3. The van der Waals surface area contributed by atoms with E-state index in [0.717, 1.165) is 16.5 Å². The second-order valence-corrected chi connectivity index (χ2v) is 3.90. The van der Waals surface area contributed by atoms with Crippen molar-refractivity contribution < 1.29 is 9.53 Å². The van der Waals surface area contributed by atoms with Gasteiger partial charge in [0.15, 0.2) is 0 Å². The van der Waals surface area contributed by atoms with Crippen LogP contribution in [0.15, 0.2) is 30.5 Å². The van der Waals surface area contributed by atoms with Gasteiger partial charge < -0.3 is 15.5 Å². The lowest BCUT2D eigenvalue weighted by atomic mass is 10.0. The first-order chi connectivity index (χ1) is 8.22. The highest BCUT2D eigenvalue weighted by molar-refractivity contribution is 5.84. The summed E-state index contributed by atoms with van der Waals surface area (Å²) in [5.74, 6) is -0.257. The van der Waals surface area contributed by atoms with Crippen molar-refractivity contribution in [3.8, 4) is 0 Å². The van der Waals surface area contributed by atoms with Crippen molar-refractivity contribution in [2.75, 3.05) is 6.61 Å². The van der Waals surface area contributed by atoms with E-state index >= 15 is 0 Å². The molecule has 0 fully saturated rings. The van der Waals surface area contributed by atoms with Gasteiger partial charge in [-0.05, 0) is 24.6 Å². The predicted molar refractivity (Wildman–Crippen MR) is 66.5 cm³/mol. The number of carbonyl (C=O) groups is 1. The number of nitrogens with one attached hydrogen (secondary N) is 1. The molecule has 0 aliphatic carbocycles. The number of nitrogens with two attached hydrogens (primary N) is 1. The van der Waals surface area contributed by atoms with Gasteiger partial charge in [0.2, 0.25) is 0 Å². The minimum atomic E-state index is -0.325. The van der Waals surface area contributed by atoms with Crippen LogP contribution in [0.25, 0.3) is 10.9 Å². The van der Waals surface area contributed by atoms with Crippen LogP contribution < -0.4 is 5.73 Å². The molecule has 1 aromatic carbocycles. The molecule has 0 aliphatic heterocycles. The number of benzene rings is 1. The third kappa shape index (κ3) is 2.47. The number of carbonyl (C=O) groups excluding carboxylic acids is 1. The molecule has 1 heterocycles. The fraction of sp³-hybridized carbons (Fsp3) is 0.308. The number of hydrogen-bond donors (Lipinski definition) is 2. The van der Waals surface area contributed by atoms with Crippen molar-refractivity contribution in [3.05, 3.63) is 36.0 Å². The summed E-state index contributed by atoms with van der Waals surface area (Å²) in [7, 11) is 0. The summed E-state index contributed by atoms with van der Waals surface area (Å²) in [6.45, 7) is 2.18. The quantitative estimate of drug-likeness (QED) is 0.793. The van der Waals surface area contributed by atoms with Crippen LogP contribution in [0.4, 0.5) is 0 Å². The predicted octanol–water partition coefficient (Wildman–Crippen LogP) is 2.12. The van der Waals surface area contributed by atoms with Crippen LogP contribution in [0.3, 0.4) is 0 Å². The molecule has 1 atom stereocenters. The fourth-order valence-corrected chi connectivity index (χ4v) is 1.94. The number of ether oxygens (including phenoxy) is 1. The van der Waals surface area contributed by atoms with Crippen molar-refractivity contribution in [3.63, 3.8) is 0 Å². The topological polar surface area (TPSA) is 68.1 Å². The Labute approximate surface area is 99.8 Å². The van der Waals surface area contributed by atoms with E-state index in [1.807, 2.05) is 30.5 Å². The average molecular weight is 232 g/mol. The van der Waals surface area contributed by atoms with Gasteiger partial charge in [-0.1, -0.05) is 12.1 Å². The van der Waals surface area contributed by atoms with Gasteiger partial charge in [0.05, 0.1) is 13.0 Å². The Morgan fingerprint density at radius 3 is 3.06 bits per heavy atom. The molecular weight excluding hydrogens is 216 g/mol. The molecule has 4 heteroatoms. The van der Waals surface area contributed by atoms with Crippen molar-refractivity contribution >= 4 is 16.9 Å². The highest BCUT2D eigenvalue weighted by Gasteiger charge is 2.14.